The van der Waals surface area contributed by atoms with Crippen LogP contribution < -0.4 is 5.32 Å². The molecular formula is C16H18ClN3O. The molecule has 0 saturated carbocycles. The Morgan fingerprint density at radius 2 is 2.38 bits per heavy atom. The summed E-state index contributed by atoms with van der Waals surface area (Å²) in [5.74, 6) is 0.553. The summed E-state index contributed by atoms with van der Waals surface area (Å²) in [4.78, 5) is 19.0. The van der Waals surface area contributed by atoms with E-state index >= 15 is 0 Å². The van der Waals surface area contributed by atoms with E-state index in [-0.39, 0.29) is 5.91 Å². The lowest BCUT2D eigenvalue weighted by molar-refractivity contribution is 0.0789. The van der Waals surface area contributed by atoms with Gasteiger partial charge in [0, 0.05) is 29.7 Å². The smallest absolute Gasteiger partial charge is 0.256 e. The highest BCUT2D eigenvalue weighted by Crippen LogP contribution is 2.25. The van der Waals surface area contributed by atoms with E-state index in [1.807, 2.05) is 30.1 Å². The van der Waals surface area contributed by atoms with E-state index in [0.29, 0.717) is 16.5 Å². The molecule has 1 atom stereocenters. The van der Waals surface area contributed by atoms with Crippen molar-refractivity contribution < 1.29 is 4.79 Å². The van der Waals surface area contributed by atoms with Gasteiger partial charge in [-0.1, -0.05) is 17.7 Å². The minimum absolute atomic E-state index is 0.0276. The van der Waals surface area contributed by atoms with Crippen LogP contribution in [0.25, 0.3) is 10.9 Å². The quantitative estimate of drug-likeness (QED) is 0.948. The minimum Gasteiger partial charge on any atom is -0.338 e. The number of pyridine rings is 1. The largest absolute Gasteiger partial charge is 0.338 e. The lowest BCUT2D eigenvalue weighted by Gasteiger charge is -2.17. The third-order valence-electron chi connectivity index (χ3n) is 3.97. The molecule has 21 heavy (non-hydrogen) atoms. The van der Waals surface area contributed by atoms with Gasteiger partial charge in [0.05, 0.1) is 11.1 Å². The summed E-state index contributed by atoms with van der Waals surface area (Å²) < 4.78 is 0. The van der Waals surface area contributed by atoms with Crippen LogP contribution in [-0.2, 0) is 0 Å². The molecule has 1 unspecified atom stereocenters. The number of hydrogen-bond acceptors (Lipinski definition) is 3. The molecule has 1 aliphatic heterocycles. The predicted molar refractivity (Wildman–Crippen MR) is 84.7 cm³/mol. The Bertz CT molecular complexity index is 674. The van der Waals surface area contributed by atoms with Gasteiger partial charge in [-0.15, -0.1) is 0 Å². The number of likely N-dealkylation sites (tertiary alicyclic amines) is 1. The maximum Gasteiger partial charge on any atom is 0.256 e. The number of carbonyl (C=O) groups is 1. The van der Waals surface area contributed by atoms with Crippen LogP contribution in [0.1, 0.15) is 16.8 Å². The molecule has 1 aliphatic rings. The molecular weight excluding hydrogens is 286 g/mol. The van der Waals surface area contributed by atoms with Gasteiger partial charge >= 0.3 is 0 Å². The summed E-state index contributed by atoms with van der Waals surface area (Å²) in [7, 11) is 1.94. The molecule has 1 aromatic heterocycles. The van der Waals surface area contributed by atoms with Gasteiger partial charge in [-0.25, -0.2) is 0 Å². The average molecular weight is 304 g/mol. The first-order valence-corrected chi connectivity index (χ1v) is 7.55. The lowest BCUT2D eigenvalue weighted by atomic mass is 10.1. The van der Waals surface area contributed by atoms with Crippen LogP contribution >= 0.6 is 11.6 Å². The fraction of sp³-hybridized carbons (Fsp3) is 0.375. The highest BCUT2D eigenvalue weighted by Gasteiger charge is 2.27. The van der Waals surface area contributed by atoms with E-state index in [9.17, 15) is 4.79 Å². The Hall–Kier alpha value is -1.65. The fourth-order valence-electron chi connectivity index (χ4n) is 2.96. The first-order valence-electron chi connectivity index (χ1n) is 7.17. The molecule has 1 N–H and O–H groups in total. The van der Waals surface area contributed by atoms with Crippen molar-refractivity contribution in [2.24, 2.45) is 5.92 Å². The van der Waals surface area contributed by atoms with Crippen molar-refractivity contribution in [3.05, 3.63) is 41.0 Å². The monoisotopic (exact) mass is 303 g/mol. The first kappa shape index (κ1) is 14.3. The molecule has 1 saturated heterocycles. The van der Waals surface area contributed by atoms with Gasteiger partial charge in [0.2, 0.25) is 0 Å². The number of nitrogens with one attached hydrogen (secondary N) is 1. The van der Waals surface area contributed by atoms with Crippen LogP contribution in [0.5, 0.6) is 0 Å². The Kier molecular flexibility index (Phi) is 4.08. The standard InChI is InChI=1S/C16H18ClN3O/c1-18-9-11-4-6-20(10-11)16(21)14-8-13(17)7-12-3-2-5-19-15(12)14/h2-3,5,7-8,11,18H,4,6,9-10H2,1H3. The molecule has 1 fully saturated rings. The highest BCUT2D eigenvalue weighted by atomic mass is 35.5. The molecule has 110 valence electrons. The zero-order chi connectivity index (χ0) is 14.8. The van der Waals surface area contributed by atoms with E-state index in [4.69, 9.17) is 11.6 Å². The molecule has 2 aromatic rings. The summed E-state index contributed by atoms with van der Waals surface area (Å²) in [6.07, 6.45) is 2.75. The molecule has 4 nitrogen and oxygen atoms in total. The summed E-state index contributed by atoms with van der Waals surface area (Å²) in [5.41, 5.74) is 1.33. The lowest BCUT2D eigenvalue weighted by Crippen LogP contribution is -2.30. The van der Waals surface area contributed by atoms with Crippen LogP contribution in [0.15, 0.2) is 30.5 Å². The third kappa shape index (κ3) is 2.87. The normalized spacial score (nSPS) is 18.4. The summed E-state index contributed by atoms with van der Waals surface area (Å²) in [5, 5.41) is 4.65. The highest BCUT2D eigenvalue weighted by molar-refractivity contribution is 6.32. The molecule has 0 aliphatic carbocycles. The molecule has 0 bridgehead atoms. The Morgan fingerprint density at radius 1 is 1.52 bits per heavy atom. The molecule has 2 heterocycles. The summed E-state index contributed by atoms with van der Waals surface area (Å²) in [6.45, 7) is 2.53. The average Bonchev–Trinajstić information content (AvgIpc) is 2.94. The predicted octanol–water partition coefficient (Wildman–Crippen LogP) is 2.57. The van der Waals surface area contributed by atoms with Crippen molar-refractivity contribution >= 4 is 28.4 Å². The van der Waals surface area contributed by atoms with Gasteiger partial charge in [-0.3, -0.25) is 9.78 Å². The number of hydrogen-bond donors (Lipinski definition) is 1. The number of amides is 1. The van der Waals surface area contributed by atoms with E-state index in [2.05, 4.69) is 10.3 Å². The number of rotatable bonds is 3. The Balaban J connectivity index is 1.92. The van der Waals surface area contributed by atoms with Gasteiger partial charge < -0.3 is 10.2 Å². The van der Waals surface area contributed by atoms with Crippen molar-refractivity contribution in [2.45, 2.75) is 6.42 Å². The van der Waals surface area contributed by atoms with Gasteiger partial charge in [-0.2, -0.15) is 0 Å². The molecule has 0 spiro atoms. The maximum atomic E-state index is 12.8. The second-order valence-corrected chi connectivity index (χ2v) is 5.93. The van der Waals surface area contributed by atoms with E-state index < -0.39 is 0 Å². The molecule has 1 aromatic carbocycles. The van der Waals surface area contributed by atoms with Crippen molar-refractivity contribution in [2.75, 3.05) is 26.7 Å². The Morgan fingerprint density at radius 3 is 3.19 bits per heavy atom. The first-order chi connectivity index (χ1) is 10.2. The second-order valence-electron chi connectivity index (χ2n) is 5.49. The van der Waals surface area contributed by atoms with Crippen molar-refractivity contribution in [1.29, 1.82) is 0 Å². The van der Waals surface area contributed by atoms with Gasteiger partial charge in [0.25, 0.3) is 5.91 Å². The number of fused-ring (bicyclic) bond motifs is 1. The van der Waals surface area contributed by atoms with Crippen LogP contribution in [0.4, 0.5) is 0 Å². The van der Waals surface area contributed by atoms with Crippen LogP contribution in [0.2, 0.25) is 5.02 Å². The SMILES string of the molecule is CNCC1CCN(C(=O)c2cc(Cl)cc3cccnc23)C1. The number of benzene rings is 1. The van der Waals surface area contributed by atoms with Crippen molar-refractivity contribution in [3.63, 3.8) is 0 Å². The molecule has 0 radical (unpaired) electrons. The van der Waals surface area contributed by atoms with Gasteiger partial charge in [0.1, 0.15) is 0 Å². The zero-order valence-electron chi connectivity index (χ0n) is 12.0. The number of carbonyl (C=O) groups excluding carboxylic acids is 1. The molecule has 5 heteroatoms. The summed E-state index contributed by atoms with van der Waals surface area (Å²) >= 11 is 6.14. The molecule has 1 amide bonds. The Labute approximate surface area is 129 Å². The fourth-order valence-corrected chi connectivity index (χ4v) is 3.19. The maximum absolute atomic E-state index is 12.8. The van der Waals surface area contributed by atoms with E-state index in [1.165, 1.54) is 0 Å². The van der Waals surface area contributed by atoms with Crippen LogP contribution in [0, 0.1) is 5.92 Å². The zero-order valence-corrected chi connectivity index (χ0v) is 12.7. The number of halogens is 1. The van der Waals surface area contributed by atoms with E-state index in [1.54, 1.807) is 12.3 Å². The molecule has 3 rings (SSSR count). The second kappa shape index (κ2) is 6.00. The number of nitrogens with zero attached hydrogens (tertiary/aromatic N) is 2. The van der Waals surface area contributed by atoms with Crippen LogP contribution in [0.3, 0.4) is 0 Å². The third-order valence-corrected chi connectivity index (χ3v) is 4.18. The number of aromatic nitrogens is 1. The van der Waals surface area contributed by atoms with Crippen molar-refractivity contribution in [3.8, 4) is 0 Å². The topological polar surface area (TPSA) is 45.2 Å². The van der Waals surface area contributed by atoms with Crippen molar-refractivity contribution in [1.82, 2.24) is 15.2 Å². The van der Waals surface area contributed by atoms with Gasteiger partial charge in [0.15, 0.2) is 0 Å². The van der Waals surface area contributed by atoms with Gasteiger partial charge in [-0.05, 0) is 44.1 Å². The summed E-state index contributed by atoms with van der Waals surface area (Å²) in [6, 6.07) is 7.35. The van der Waals surface area contributed by atoms with E-state index in [0.717, 1.165) is 37.0 Å². The minimum atomic E-state index is 0.0276. The van der Waals surface area contributed by atoms with Crippen LogP contribution in [-0.4, -0.2) is 42.5 Å².